The van der Waals surface area contributed by atoms with Gasteiger partial charge < -0.3 is 5.32 Å². The van der Waals surface area contributed by atoms with Crippen LogP contribution in [-0.4, -0.2) is 17.4 Å². The van der Waals surface area contributed by atoms with Crippen molar-refractivity contribution in [1.29, 1.82) is 0 Å². The number of rotatable bonds is 4. The predicted molar refractivity (Wildman–Crippen MR) is 67.8 cm³/mol. The molecule has 1 N–H and O–H groups in total. The van der Waals surface area contributed by atoms with Crippen LogP contribution in [0.5, 0.6) is 0 Å². The molecule has 6 heteroatoms. The molecule has 1 aromatic rings. The lowest BCUT2D eigenvalue weighted by molar-refractivity contribution is -0.384. The van der Waals surface area contributed by atoms with Crippen LogP contribution < -0.4 is 5.32 Å². The van der Waals surface area contributed by atoms with E-state index in [9.17, 15) is 14.9 Å². The average Bonchev–Trinajstić information content (AvgIpc) is 3.05. The second-order valence-electron chi connectivity index (χ2n) is 4.92. The van der Waals surface area contributed by atoms with E-state index in [0.717, 1.165) is 12.8 Å². The van der Waals surface area contributed by atoms with Gasteiger partial charge in [-0.25, -0.2) is 0 Å². The van der Waals surface area contributed by atoms with E-state index in [1.165, 1.54) is 18.2 Å². The van der Waals surface area contributed by atoms with Crippen LogP contribution in [0.25, 0.3) is 0 Å². The Morgan fingerprint density at radius 3 is 2.78 bits per heavy atom. The summed E-state index contributed by atoms with van der Waals surface area (Å²) in [6.45, 7) is 2.69. The van der Waals surface area contributed by atoms with E-state index in [2.05, 4.69) is 12.2 Å². The van der Waals surface area contributed by atoms with Crippen molar-refractivity contribution in [3.8, 4) is 0 Å². The number of amides is 1. The van der Waals surface area contributed by atoms with Crippen molar-refractivity contribution in [2.24, 2.45) is 5.41 Å². The Balaban J connectivity index is 2.10. The molecular formula is C12H13ClN2O3. The van der Waals surface area contributed by atoms with Gasteiger partial charge in [0.15, 0.2) is 0 Å². The number of hydrogen-bond acceptors (Lipinski definition) is 3. The predicted octanol–water partition coefficient (Wildman–Crippen LogP) is 2.78. The van der Waals surface area contributed by atoms with E-state index >= 15 is 0 Å². The van der Waals surface area contributed by atoms with Crippen LogP contribution in [0.3, 0.4) is 0 Å². The van der Waals surface area contributed by atoms with E-state index in [4.69, 9.17) is 11.6 Å². The van der Waals surface area contributed by atoms with Crippen LogP contribution in [0.15, 0.2) is 18.2 Å². The first-order valence-corrected chi connectivity index (χ1v) is 6.01. The van der Waals surface area contributed by atoms with Gasteiger partial charge in [0.05, 0.1) is 4.92 Å². The third-order valence-electron chi connectivity index (χ3n) is 3.18. The largest absolute Gasteiger partial charge is 0.351 e. The summed E-state index contributed by atoms with van der Waals surface area (Å²) in [6.07, 6.45) is 2.21. The fourth-order valence-electron chi connectivity index (χ4n) is 1.58. The van der Waals surface area contributed by atoms with Gasteiger partial charge in [0.25, 0.3) is 11.6 Å². The summed E-state index contributed by atoms with van der Waals surface area (Å²) in [4.78, 5) is 21.9. The molecule has 1 fully saturated rings. The van der Waals surface area contributed by atoms with Gasteiger partial charge in [-0.3, -0.25) is 14.9 Å². The maximum absolute atomic E-state index is 11.8. The van der Waals surface area contributed by atoms with E-state index in [-0.39, 0.29) is 27.6 Å². The Morgan fingerprint density at radius 2 is 2.22 bits per heavy atom. The minimum absolute atomic E-state index is 0.0331. The summed E-state index contributed by atoms with van der Waals surface area (Å²) in [7, 11) is 0. The molecule has 18 heavy (non-hydrogen) atoms. The fraction of sp³-hybridized carbons (Fsp3) is 0.417. The zero-order chi connectivity index (χ0) is 13.3. The Morgan fingerprint density at radius 1 is 1.56 bits per heavy atom. The smallest absolute Gasteiger partial charge is 0.288 e. The minimum atomic E-state index is -0.596. The lowest BCUT2D eigenvalue weighted by Gasteiger charge is -2.10. The maximum Gasteiger partial charge on any atom is 0.288 e. The summed E-state index contributed by atoms with van der Waals surface area (Å²) in [6, 6.07) is 4.06. The summed E-state index contributed by atoms with van der Waals surface area (Å²) in [5.41, 5.74) is 0.214. The van der Waals surface area contributed by atoms with Crippen molar-refractivity contribution in [3.63, 3.8) is 0 Å². The quantitative estimate of drug-likeness (QED) is 0.674. The third-order valence-corrected chi connectivity index (χ3v) is 3.50. The highest BCUT2D eigenvalue weighted by Crippen LogP contribution is 2.44. The monoisotopic (exact) mass is 268 g/mol. The molecule has 0 aromatic heterocycles. The topological polar surface area (TPSA) is 72.2 Å². The number of carbonyl (C=O) groups excluding carboxylic acids is 1. The summed E-state index contributed by atoms with van der Waals surface area (Å²) < 4.78 is 0. The van der Waals surface area contributed by atoms with Crippen molar-refractivity contribution in [2.45, 2.75) is 19.8 Å². The van der Waals surface area contributed by atoms with Gasteiger partial charge >= 0.3 is 0 Å². The fourth-order valence-corrected chi connectivity index (χ4v) is 1.77. The van der Waals surface area contributed by atoms with E-state index in [0.29, 0.717) is 6.54 Å². The lowest BCUT2D eigenvalue weighted by Crippen LogP contribution is -2.28. The second-order valence-corrected chi connectivity index (χ2v) is 5.32. The highest BCUT2D eigenvalue weighted by molar-refractivity contribution is 6.32. The standard InChI is InChI=1S/C12H13ClN2O3/c1-12(4-5-12)7-14-11(16)8-2-3-9(13)10(6-8)15(17)18/h2-3,6H,4-5,7H2,1H3,(H,14,16). The first-order chi connectivity index (χ1) is 8.41. The molecule has 1 aliphatic carbocycles. The van der Waals surface area contributed by atoms with Crippen LogP contribution >= 0.6 is 11.6 Å². The molecule has 1 aromatic carbocycles. The Labute approximate surface area is 109 Å². The van der Waals surface area contributed by atoms with E-state index in [1.54, 1.807) is 0 Å². The normalized spacial score (nSPS) is 16.1. The molecule has 0 atom stereocenters. The van der Waals surface area contributed by atoms with Crippen molar-refractivity contribution in [2.75, 3.05) is 6.54 Å². The summed E-state index contributed by atoms with van der Waals surface area (Å²) in [5.74, 6) is -0.303. The number of nitro benzene ring substituents is 1. The molecule has 0 bridgehead atoms. The molecule has 0 saturated heterocycles. The van der Waals surface area contributed by atoms with Gasteiger partial charge in [-0.15, -0.1) is 0 Å². The van der Waals surface area contributed by atoms with Gasteiger partial charge in [-0.2, -0.15) is 0 Å². The molecule has 1 aliphatic rings. The molecule has 1 amide bonds. The van der Waals surface area contributed by atoms with Crippen LogP contribution in [0, 0.1) is 15.5 Å². The number of halogens is 1. The zero-order valence-corrected chi connectivity index (χ0v) is 10.7. The molecule has 0 radical (unpaired) electrons. The highest BCUT2D eigenvalue weighted by atomic mass is 35.5. The molecule has 0 heterocycles. The zero-order valence-electron chi connectivity index (χ0n) is 9.90. The van der Waals surface area contributed by atoms with Crippen LogP contribution in [-0.2, 0) is 0 Å². The molecule has 1 saturated carbocycles. The van der Waals surface area contributed by atoms with Gasteiger partial charge in [-0.1, -0.05) is 18.5 Å². The number of nitrogens with zero attached hydrogens (tertiary/aromatic N) is 1. The molecule has 0 unspecified atom stereocenters. The first-order valence-electron chi connectivity index (χ1n) is 5.63. The Kier molecular flexibility index (Phi) is 3.26. The number of nitro groups is 1. The van der Waals surface area contributed by atoms with Crippen molar-refractivity contribution in [1.82, 2.24) is 5.32 Å². The number of hydrogen-bond donors (Lipinski definition) is 1. The molecule has 5 nitrogen and oxygen atoms in total. The number of carbonyl (C=O) groups is 1. The highest BCUT2D eigenvalue weighted by Gasteiger charge is 2.37. The van der Waals surface area contributed by atoms with Gasteiger partial charge in [0, 0.05) is 18.2 Å². The summed E-state index contributed by atoms with van der Waals surface area (Å²) >= 11 is 5.68. The first kappa shape index (κ1) is 12.8. The van der Waals surface area contributed by atoms with Crippen LogP contribution in [0.2, 0.25) is 5.02 Å². The van der Waals surface area contributed by atoms with Crippen LogP contribution in [0.1, 0.15) is 30.1 Å². The molecular weight excluding hydrogens is 256 g/mol. The molecule has 0 aliphatic heterocycles. The average molecular weight is 269 g/mol. The van der Waals surface area contributed by atoms with Gasteiger partial charge in [0.2, 0.25) is 0 Å². The Hall–Kier alpha value is -1.62. The summed E-state index contributed by atoms with van der Waals surface area (Å²) in [5, 5.41) is 13.5. The number of nitrogens with one attached hydrogen (secondary N) is 1. The van der Waals surface area contributed by atoms with E-state index in [1.807, 2.05) is 0 Å². The molecule has 2 rings (SSSR count). The minimum Gasteiger partial charge on any atom is -0.351 e. The number of benzene rings is 1. The molecule has 96 valence electrons. The molecule has 0 spiro atoms. The SMILES string of the molecule is CC1(CNC(=O)c2ccc(Cl)c([N+](=O)[O-])c2)CC1. The van der Waals surface area contributed by atoms with Gasteiger partial charge in [0.1, 0.15) is 5.02 Å². The van der Waals surface area contributed by atoms with Crippen molar-refractivity contribution in [3.05, 3.63) is 38.9 Å². The van der Waals surface area contributed by atoms with Crippen LogP contribution in [0.4, 0.5) is 5.69 Å². The van der Waals surface area contributed by atoms with Gasteiger partial charge in [-0.05, 0) is 30.4 Å². The van der Waals surface area contributed by atoms with Crippen molar-refractivity contribution < 1.29 is 9.72 Å². The third kappa shape index (κ3) is 2.79. The lowest BCUT2D eigenvalue weighted by atomic mass is 10.1. The maximum atomic E-state index is 11.8. The van der Waals surface area contributed by atoms with E-state index < -0.39 is 4.92 Å². The second kappa shape index (κ2) is 4.57. The van der Waals surface area contributed by atoms with Crippen molar-refractivity contribution >= 4 is 23.2 Å². The Bertz CT molecular complexity index is 512.